The fraction of sp³-hybridized carbons (Fsp3) is 0.250. The van der Waals surface area contributed by atoms with Gasteiger partial charge < -0.3 is 5.73 Å². The summed E-state index contributed by atoms with van der Waals surface area (Å²) in [5, 5.41) is 0.729. The molecule has 0 aliphatic heterocycles. The molecule has 1 aromatic carbocycles. The fourth-order valence-corrected chi connectivity index (χ4v) is 1.75. The summed E-state index contributed by atoms with van der Waals surface area (Å²) in [7, 11) is 0. The molecule has 0 saturated heterocycles. The van der Waals surface area contributed by atoms with Crippen LogP contribution in [0.5, 0.6) is 0 Å². The van der Waals surface area contributed by atoms with E-state index in [9.17, 15) is 4.39 Å². The molecule has 2 rings (SSSR count). The van der Waals surface area contributed by atoms with E-state index in [0.717, 1.165) is 23.1 Å². The molecular weight excluding hydrogens is 191 g/mol. The van der Waals surface area contributed by atoms with Crippen molar-refractivity contribution in [2.75, 3.05) is 5.73 Å². The first-order chi connectivity index (χ1) is 7.13. The summed E-state index contributed by atoms with van der Waals surface area (Å²) < 4.78 is 13.5. The van der Waals surface area contributed by atoms with Crippen molar-refractivity contribution in [3.63, 3.8) is 0 Å². The Morgan fingerprint density at radius 2 is 2.13 bits per heavy atom. The first-order valence-corrected chi connectivity index (χ1v) is 4.97. The van der Waals surface area contributed by atoms with Crippen LogP contribution in [0.2, 0.25) is 0 Å². The highest BCUT2D eigenvalue weighted by molar-refractivity contribution is 5.93. The second-order valence-corrected chi connectivity index (χ2v) is 3.64. The summed E-state index contributed by atoms with van der Waals surface area (Å²) >= 11 is 0. The van der Waals surface area contributed by atoms with Gasteiger partial charge in [0.25, 0.3) is 0 Å². The van der Waals surface area contributed by atoms with E-state index in [1.165, 1.54) is 6.07 Å². The maximum Gasteiger partial charge on any atom is 0.149 e. The van der Waals surface area contributed by atoms with E-state index >= 15 is 0 Å². The number of benzene rings is 1. The molecule has 0 bridgehead atoms. The topological polar surface area (TPSA) is 38.9 Å². The third-order valence-corrected chi connectivity index (χ3v) is 2.57. The van der Waals surface area contributed by atoms with Crippen molar-refractivity contribution in [1.82, 2.24) is 4.98 Å². The lowest BCUT2D eigenvalue weighted by Crippen LogP contribution is -1.98. The van der Waals surface area contributed by atoms with Crippen molar-refractivity contribution in [2.24, 2.45) is 0 Å². The zero-order valence-electron chi connectivity index (χ0n) is 8.84. The predicted octanol–water partition coefficient (Wildman–Crippen LogP) is 2.83. The first kappa shape index (κ1) is 9.90. The van der Waals surface area contributed by atoms with E-state index < -0.39 is 0 Å². The van der Waals surface area contributed by atoms with E-state index in [4.69, 9.17) is 5.73 Å². The van der Waals surface area contributed by atoms with Crippen LogP contribution in [0, 0.1) is 12.7 Å². The molecule has 0 amide bonds. The number of pyridine rings is 1. The Kier molecular flexibility index (Phi) is 2.31. The molecule has 15 heavy (non-hydrogen) atoms. The normalized spacial score (nSPS) is 10.9. The molecule has 0 radical (unpaired) electrons. The van der Waals surface area contributed by atoms with E-state index in [0.29, 0.717) is 11.2 Å². The van der Waals surface area contributed by atoms with Crippen molar-refractivity contribution in [2.45, 2.75) is 20.3 Å². The van der Waals surface area contributed by atoms with Gasteiger partial charge in [-0.05, 0) is 31.0 Å². The second kappa shape index (κ2) is 3.50. The minimum atomic E-state index is -0.308. The van der Waals surface area contributed by atoms with Gasteiger partial charge in [0.2, 0.25) is 0 Å². The number of nitrogens with two attached hydrogens (primary N) is 1. The molecule has 2 nitrogen and oxygen atoms in total. The lowest BCUT2D eigenvalue weighted by molar-refractivity contribution is 0.636. The summed E-state index contributed by atoms with van der Waals surface area (Å²) in [5.41, 5.74) is 8.66. The molecule has 0 saturated carbocycles. The molecule has 0 aliphatic rings. The molecule has 2 N–H and O–H groups in total. The lowest BCUT2D eigenvalue weighted by Gasteiger charge is -2.08. The first-order valence-electron chi connectivity index (χ1n) is 4.97. The Morgan fingerprint density at radius 3 is 2.80 bits per heavy atom. The molecule has 0 atom stereocenters. The number of nitrogens with zero attached hydrogens (tertiary/aromatic N) is 1. The minimum absolute atomic E-state index is 0.308. The Bertz CT molecular complexity index is 521. The predicted molar refractivity (Wildman–Crippen MR) is 60.2 cm³/mol. The Hall–Kier alpha value is -1.64. The summed E-state index contributed by atoms with van der Waals surface area (Å²) in [5.74, 6) is -0.308. The molecule has 0 unspecified atom stereocenters. The van der Waals surface area contributed by atoms with Crippen LogP contribution in [0.15, 0.2) is 18.2 Å². The maximum atomic E-state index is 13.5. The minimum Gasteiger partial charge on any atom is -0.398 e. The number of aryl methyl sites for hydroxylation is 2. The van der Waals surface area contributed by atoms with Crippen LogP contribution in [0.3, 0.4) is 0 Å². The smallest absolute Gasteiger partial charge is 0.149 e. The highest BCUT2D eigenvalue weighted by Crippen LogP contribution is 2.26. The molecule has 3 heteroatoms. The number of fused-ring (bicyclic) bond motifs is 1. The van der Waals surface area contributed by atoms with Gasteiger partial charge in [-0.2, -0.15) is 0 Å². The molecule has 2 aromatic rings. The second-order valence-electron chi connectivity index (χ2n) is 3.64. The van der Waals surface area contributed by atoms with Gasteiger partial charge >= 0.3 is 0 Å². The molecule has 1 heterocycles. The van der Waals surface area contributed by atoms with Gasteiger partial charge in [0, 0.05) is 16.8 Å². The summed E-state index contributed by atoms with van der Waals surface area (Å²) in [6.07, 6.45) is 0.757. The summed E-state index contributed by atoms with van der Waals surface area (Å²) in [4.78, 5) is 4.26. The fourth-order valence-electron chi connectivity index (χ4n) is 1.75. The van der Waals surface area contributed by atoms with Crippen molar-refractivity contribution >= 4 is 16.6 Å². The van der Waals surface area contributed by atoms with E-state index in [1.807, 2.05) is 19.9 Å². The Morgan fingerprint density at radius 1 is 1.40 bits per heavy atom. The van der Waals surface area contributed by atoms with Gasteiger partial charge in [-0.1, -0.05) is 13.0 Å². The van der Waals surface area contributed by atoms with E-state index in [2.05, 4.69) is 4.98 Å². The van der Waals surface area contributed by atoms with Crippen LogP contribution in [-0.4, -0.2) is 4.98 Å². The zero-order chi connectivity index (χ0) is 11.0. The van der Waals surface area contributed by atoms with Crippen LogP contribution in [0.25, 0.3) is 10.9 Å². The van der Waals surface area contributed by atoms with Gasteiger partial charge in [-0.3, -0.25) is 0 Å². The quantitative estimate of drug-likeness (QED) is 0.775. The highest BCUT2D eigenvalue weighted by atomic mass is 19.1. The Balaban J connectivity index is 2.90. The van der Waals surface area contributed by atoms with Crippen LogP contribution in [-0.2, 0) is 6.42 Å². The standard InChI is InChI=1S/C12H13FN2/c1-3-8-6-10(14)11-7(2)4-5-9(13)12(11)15-8/h4-6H,3H2,1-2H3,(H2,14,15). The largest absolute Gasteiger partial charge is 0.398 e. The van der Waals surface area contributed by atoms with Crippen LogP contribution >= 0.6 is 0 Å². The molecule has 0 aliphatic carbocycles. The number of halogens is 1. The third kappa shape index (κ3) is 1.54. The van der Waals surface area contributed by atoms with Crippen molar-refractivity contribution in [1.29, 1.82) is 0 Å². The Labute approximate surface area is 87.9 Å². The zero-order valence-corrected chi connectivity index (χ0v) is 8.84. The summed E-state index contributed by atoms with van der Waals surface area (Å²) in [6, 6.07) is 4.97. The van der Waals surface area contributed by atoms with Crippen LogP contribution in [0.1, 0.15) is 18.2 Å². The average Bonchev–Trinajstić information content (AvgIpc) is 2.23. The van der Waals surface area contributed by atoms with Crippen LogP contribution < -0.4 is 5.73 Å². The SMILES string of the molecule is CCc1cc(N)c2c(C)ccc(F)c2n1. The van der Waals surface area contributed by atoms with Gasteiger partial charge in [-0.25, -0.2) is 9.37 Å². The number of rotatable bonds is 1. The van der Waals surface area contributed by atoms with Gasteiger partial charge in [-0.15, -0.1) is 0 Å². The number of hydrogen-bond acceptors (Lipinski definition) is 2. The van der Waals surface area contributed by atoms with Gasteiger partial charge in [0.15, 0.2) is 0 Å². The molecule has 0 spiro atoms. The number of anilines is 1. The number of hydrogen-bond donors (Lipinski definition) is 1. The summed E-state index contributed by atoms with van der Waals surface area (Å²) in [6.45, 7) is 3.88. The molecular formula is C12H13FN2. The highest BCUT2D eigenvalue weighted by Gasteiger charge is 2.09. The van der Waals surface area contributed by atoms with Crippen molar-refractivity contribution in [3.05, 3.63) is 35.3 Å². The lowest BCUT2D eigenvalue weighted by atomic mass is 10.1. The van der Waals surface area contributed by atoms with Crippen molar-refractivity contribution < 1.29 is 4.39 Å². The average molecular weight is 204 g/mol. The maximum absolute atomic E-state index is 13.5. The number of aromatic nitrogens is 1. The third-order valence-electron chi connectivity index (χ3n) is 2.57. The molecule has 1 aromatic heterocycles. The van der Waals surface area contributed by atoms with Crippen LogP contribution in [0.4, 0.5) is 10.1 Å². The van der Waals surface area contributed by atoms with E-state index in [-0.39, 0.29) is 5.82 Å². The molecule has 78 valence electrons. The molecule has 0 fully saturated rings. The van der Waals surface area contributed by atoms with Gasteiger partial charge in [0.1, 0.15) is 11.3 Å². The number of nitrogen functional groups attached to an aromatic ring is 1. The van der Waals surface area contributed by atoms with E-state index in [1.54, 1.807) is 6.07 Å². The van der Waals surface area contributed by atoms with Crippen molar-refractivity contribution in [3.8, 4) is 0 Å². The van der Waals surface area contributed by atoms with Gasteiger partial charge in [0.05, 0.1) is 0 Å². The monoisotopic (exact) mass is 204 g/mol.